The average Bonchev–Trinajstić information content (AvgIpc) is 2.44. The lowest BCUT2D eigenvalue weighted by molar-refractivity contribution is 1.22. The Labute approximate surface area is 121 Å². The Morgan fingerprint density at radius 3 is 2.85 bits per heavy atom. The molecule has 100 valence electrons. The molecule has 0 spiro atoms. The molecule has 20 heavy (non-hydrogen) atoms. The van der Waals surface area contributed by atoms with Gasteiger partial charge in [0.05, 0.1) is 5.52 Å². The van der Waals surface area contributed by atoms with Gasteiger partial charge in [-0.25, -0.2) is 9.97 Å². The summed E-state index contributed by atoms with van der Waals surface area (Å²) in [4.78, 5) is 8.52. The molecule has 1 heterocycles. The molecule has 0 fully saturated rings. The molecule has 0 unspecified atom stereocenters. The molecule has 3 aromatic rings. The number of rotatable bonds is 2. The number of fused-ring (bicyclic) bond motifs is 1. The fourth-order valence-electron chi connectivity index (χ4n) is 2.04. The average molecular weight is 285 g/mol. The Morgan fingerprint density at radius 2 is 2.00 bits per heavy atom. The highest BCUT2D eigenvalue weighted by molar-refractivity contribution is 6.31. The van der Waals surface area contributed by atoms with Gasteiger partial charge in [0, 0.05) is 21.8 Å². The minimum absolute atomic E-state index is 0.682. The molecule has 0 saturated heterocycles. The number of hydrogen-bond acceptors (Lipinski definition) is 4. The highest BCUT2D eigenvalue weighted by Crippen LogP contribution is 2.28. The van der Waals surface area contributed by atoms with Gasteiger partial charge in [-0.1, -0.05) is 17.7 Å². The fourth-order valence-corrected chi connectivity index (χ4v) is 2.22. The summed E-state index contributed by atoms with van der Waals surface area (Å²) >= 11 is 6.13. The Balaban J connectivity index is 2.09. The third-order valence-corrected chi connectivity index (χ3v) is 3.59. The third-order valence-electron chi connectivity index (χ3n) is 3.18. The molecular weight excluding hydrogens is 272 g/mol. The number of nitrogens with one attached hydrogen (secondary N) is 1. The first-order valence-corrected chi connectivity index (χ1v) is 6.55. The van der Waals surface area contributed by atoms with E-state index in [1.165, 1.54) is 6.33 Å². The summed E-state index contributed by atoms with van der Waals surface area (Å²) in [5, 5.41) is 4.94. The van der Waals surface area contributed by atoms with Crippen molar-refractivity contribution in [2.75, 3.05) is 11.1 Å². The van der Waals surface area contributed by atoms with E-state index in [0.29, 0.717) is 5.69 Å². The van der Waals surface area contributed by atoms with Crippen molar-refractivity contribution in [2.45, 2.75) is 6.92 Å². The summed E-state index contributed by atoms with van der Waals surface area (Å²) in [5.74, 6) is 0.736. The maximum absolute atomic E-state index is 6.13. The number of nitrogen functional groups attached to an aromatic ring is 1. The Morgan fingerprint density at radius 1 is 1.15 bits per heavy atom. The number of benzene rings is 2. The van der Waals surface area contributed by atoms with E-state index in [1.54, 1.807) is 0 Å². The molecule has 0 saturated carbocycles. The number of aromatic nitrogens is 2. The molecule has 4 nitrogen and oxygen atoms in total. The standard InChI is InChI=1S/C15H13ClN4/c1-9-12(16)3-2-4-13(9)20-15-11-6-5-10(17)7-14(11)18-8-19-15/h2-8H,17H2,1H3,(H,18,19,20). The van der Waals surface area contributed by atoms with Gasteiger partial charge in [0.1, 0.15) is 12.1 Å². The summed E-state index contributed by atoms with van der Waals surface area (Å²) in [6.07, 6.45) is 1.52. The van der Waals surface area contributed by atoms with Crippen LogP contribution in [0.1, 0.15) is 5.56 Å². The topological polar surface area (TPSA) is 63.8 Å². The molecule has 1 aromatic heterocycles. The van der Waals surface area contributed by atoms with Crippen LogP contribution >= 0.6 is 11.6 Å². The Bertz CT molecular complexity index is 786. The number of nitrogens with zero attached hydrogens (tertiary/aromatic N) is 2. The first-order valence-electron chi connectivity index (χ1n) is 6.17. The summed E-state index contributed by atoms with van der Waals surface area (Å²) in [6.45, 7) is 1.96. The smallest absolute Gasteiger partial charge is 0.141 e. The van der Waals surface area contributed by atoms with E-state index >= 15 is 0 Å². The Kier molecular flexibility index (Phi) is 3.16. The van der Waals surface area contributed by atoms with Crippen molar-refractivity contribution >= 4 is 39.7 Å². The fraction of sp³-hybridized carbons (Fsp3) is 0.0667. The number of anilines is 3. The van der Waals surface area contributed by atoms with E-state index in [1.807, 2.05) is 43.3 Å². The molecule has 5 heteroatoms. The Hall–Kier alpha value is -2.33. The van der Waals surface area contributed by atoms with Gasteiger partial charge in [-0.05, 0) is 42.8 Å². The highest BCUT2D eigenvalue weighted by atomic mass is 35.5. The summed E-state index contributed by atoms with van der Waals surface area (Å²) in [5.41, 5.74) is 9.17. The van der Waals surface area contributed by atoms with E-state index in [9.17, 15) is 0 Å². The molecule has 0 aliphatic heterocycles. The molecule has 0 bridgehead atoms. The first kappa shape index (κ1) is 12.7. The largest absolute Gasteiger partial charge is 0.399 e. The van der Waals surface area contributed by atoms with Crippen molar-refractivity contribution in [2.24, 2.45) is 0 Å². The zero-order valence-electron chi connectivity index (χ0n) is 10.9. The molecule has 2 aromatic carbocycles. The van der Waals surface area contributed by atoms with Gasteiger partial charge in [0.2, 0.25) is 0 Å². The predicted octanol–water partition coefficient (Wildman–Crippen LogP) is 3.92. The number of hydrogen-bond donors (Lipinski definition) is 2. The second-order valence-electron chi connectivity index (χ2n) is 4.54. The van der Waals surface area contributed by atoms with Crippen LogP contribution in [0.25, 0.3) is 10.9 Å². The van der Waals surface area contributed by atoms with Crippen LogP contribution in [-0.2, 0) is 0 Å². The van der Waals surface area contributed by atoms with Crippen LogP contribution in [0.2, 0.25) is 5.02 Å². The van der Waals surface area contributed by atoms with Crippen LogP contribution in [0, 0.1) is 6.92 Å². The molecule has 0 amide bonds. The van der Waals surface area contributed by atoms with Crippen molar-refractivity contribution in [3.05, 3.63) is 53.3 Å². The lowest BCUT2D eigenvalue weighted by Crippen LogP contribution is -1.98. The lowest BCUT2D eigenvalue weighted by atomic mass is 10.2. The minimum atomic E-state index is 0.682. The molecule has 0 radical (unpaired) electrons. The van der Waals surface area contributed by atoms with Crippen molar-refractivity contribution < 1.29 is 0 Å². The van der Waals surface area contributed by atoms with Crippen LogP contribution in [0.3, 0.4) is 0 Å². The van der Waals surface area contributed by atoms with E-state index in [2.05, 4.69) is 15.3 Å². The monoisotopic (exact) mass is 284 g/mol. The molecular formula is C15H13ClN4. The normalized spacial score (nSPS) is 10.7. The van der Waals surface area contributed by atoms with Crippen molar-refractivity contribution in [3.63, 3.8) is 0 Å². The summed E-state index contributed by atoms with van der Waals surface area (Å²) in [7, 11) is 0. The zero-order chi connectivity index (χ0) is 14.1. The first-order chi connectivity index (χ1) is 9.65. The van der Waals surface area contributed by atoms with Gasteiger partial charge in [0.25, 0.3) is 0 Å². The van der Waals surface area contributed by atoms with Crippen LogP contribution in [0.5, 0.6) is 0 Å². The number of nitrogens with two attached hydrogens (primary N) is 1. The minimum Gasteiger partial charge on any atom is -0.399 e. The van der Waals surface area contributed by atoms with E-state index in [0.717, 1.165) is 33.0 Å². The lowest BCUT2D eigenvalue weighted by Gasteiger charge is -2.11. The summed E-state index contributed by atoms with van der Waals surface area (Å²) < 4.78 is 0. The SMILES string of the molecule is Cc1c(Cl)cccc1Nc1ncnc2cc(N)ccc12. The maximum Gasteiger partial charge on any atom is 0.141 e. The predicted molar refractivity (Wildman–Crippen MR) is 83.4 cm³/mol. The van der Waals surface area contributed by atoms with Crippen LogP contribution in [0.15, 0.2) is 42.7 Å². The van der Waals surface area contributed by atoms with Crippen molar-refractivity contribution in [1.29, 1.82) is 0 Å². The maximum atomic E-state index is 6.13. The summed E-state index contributed by atoms with van der Waals surface area (Å²) in [6, 6.07) is 11.3. The second-order valence-corrected chi connectivity index (χ2v) is 4.94. The highest BCUT2D eigenvalue weighted by Gasteiger charge is 2.07. The van der Waals surface area contributed by atoms with Crippen LogP contribution in [0.4, 0.5) is 17.2 Å². The van der Waals surface area contributed by atoms with Crippen LogP contribution in [-0.4, -0.2) is 9.97 Å². The van der Waals surface area contributed by atoms with Gasteiger partial charge in [-0.15, -0.1) is 0 Å². The number of halogens is 1. The van der Waals surface area contributed by atoms with Gasteiger partial charge >= 0.3 is 0 Å². The van der Waals surface area contributed by atoms with Gasteiger partial charge < -0.3 is 11.1 Å². The van der Waals surface area contributed by atoms with Crippen molar-refractivity contribution in [3.8, 4) is 0 Å². The van der Waals surface area contributed by atoms with E-state index in [-0.39, 0.29) is 0 Å². The third kappa shape index (κ3) is 2.26. The quantitative estimate of drug-likeness (QED) is 0.700. The molecule has 0 aliphatic carbocycles. The van der Waals surface area contributed by atoms with Gasteiger partial charge in [-0.2, -0.15) is 0 Å². The second kappa shape index (κ2) is 4.98. The van der Waals surface area contributed by atoms with Crippen molar-refractivity contribution in [1.82, 2.24) is 9.97 Å². The van der Waals surface area contributed by atoms with Crippen LogP contribution < -0.4 is 11.1 Å². The molecule has 0 aliphatic rings. The molecule has 3 N–H and O–H groups in total. The van der Waals surface area contributed by atoms with Gasteiger partial charge in [0.15, 0.2) is 0 Å². The zero-order valence-corrected chi connectivity index (χ0v) is 11.6. The van der Waals surface area contributed by atoms with E-state index < -0.39 is 0 Å². The molecule has 0 atom stereocenters. The van der Waals surface area contributed by atoms with E-state index in [4.69, 9.17) is 17.3 Å². The van der Waals surface area contributed by atoms with Gasteiger partial charge in [-0.3, -0.25) is 0 Å². The molecule has 3 rings (SSSR count).